The summed E-state index contributed by atoms with van der Waals surface area (Å²) in [6, 6.07) is 78.2. The molecule has 15 rings (SSSR count). The van der Waals surface area contributed by atoms with E-state index in [0.717, 1.165) is 23.7 Å². The van der Waals surface area contributed by atoms with Crippen molar-refractivity contribution in [3.63, 3.8) is 0 Å². The molecule has 7 aliphatic rings. The molecule has 5 fully saturated rings. The Morgan fingerprint density at radius 2 is 0.879 bits per heavy atom. The Hall–Kier alpha value is -6.22. The SMILES string of the molecule is c1ccc([Si](c2ccccc2)(c2ccccc2)c2ccc(N(c3ccc4c(c3)C3(CCCCC3)c3ccccc3-4)c3cccc4c3-c3ccccc3C43C4CC5CC(C4)CC3C5)cc2)cc1. The molecule has 0 amide bonds. The Bertz CT molecular complexity index is 3000. The van der Waals surface area contributed by atoms with Crippen molar-refractivity contribution in [1.82, 2.24) is 0 Å². The summed E-state index contributed by atoms with van der Waals surface area (Å²) in [5.74, 6) is 3.26. The quantitative estimate of drug-likeness (QED) is 0.114. The molecule has 2 spiro atoms. The molecule has 4 bridgehead atoms. The molecule has 2 heteroatoms. The van der Waals surface area contributed by atoms with Gasteiger partial charge in [-0.05, 0) is 159 Å². The van der Waals surface area contributed by atoms with E-state index in [1.807, 2.05) is 0 Å². The number of benzene rings is 8. The van der Waals surface area contributed by atoms with Crippen molar-refractivity contribution in [1.29, 1.82) is 0 Å². The molecule has 322 valence electrons. The van der Waals surface area contributed by atoms with Crippen LogP contribution < -0.4 is 25.6 Å². The normalized spacial score (nSPS) is 23.6. The maximum atomic E-state index is 2.69. The van der Waals surface area contributed by atoms with E-state index in [0.29, 0.717) is 0 Å². The van der Waals surface area contributed by atoms with Gasteiger partial charge in [-0.15, -0.1) is 0 Å². The predicted octanol–water partition coefficient (Wildman–Crippen LogP) is 13.5. The molecule has 0 radical (unpaired) electrons. The van der Waals surface area contributed by atoms with Crippen LogP contribution >= 0.6 is 0 Å². The minimum Gasteiger partial charge on any atom is -0.310 e. The minimum atomic E-state index is -2.72. The van der Waals surface area contributed by atoms with E-state index < -0.39 is 8.07 Å². The van der Waals surface area contributed by atoms with E-state index in [1.165, 1.54) is 130 Å². The highest BCUT2D eigenvalue weighted by Gasteiger charge is 2.62. The van der Waals surface area contributed by atoms with Gasteiger partial charge in [0.1, 0.15) is 0 Å². The van der Waals surface area contributed by atoms with Gasteiger partial charge in [-0.25, -0.2) is 0 Å². The summed E-state index contributed by atoms with van der Waals surface area (Å²) in [5.41, 5.74) is 16.1. The van der Waals surface area contributed by atoms with Gasteiger partial charge < -0.3 is 4.90 Å². The summed E-state index contributed by atoms with van der Waals surface area (Å²) in [6.07, 6.45) is 13.4. The summed E-state index contributed by atoms with van der Waals surface area (Å²) in [4.78, 5) is 2.69. The van der Waals surface area contributed by atoms with Gasteiger partial charge in [0.15, 0.2) is 8.07 Å². The van der Waals surface area contributed by atoms with Gasteiger partial charge in [0.05, 0.1) is 5.69 Å². The van der Waals surface area contributed by atoms with Crippen LogP contribution in [-0.2, 0) is 10.8 Å². The van der Waals surface area contributed by atoms with E-state index in [4.69, 9.17) is 0 Å². The Morgan fingerprint density at radius 1 is 0.379 bits per heavy atom. The van der Waals surface area contributed by atoms with Crippen LogP contribution in [0.3, 0.4) is 0 Å². The molecule has 1 nitrogen and oxygen atoms in total. The van der Waals surface area contributed by atoms with Gasteiger partial charge >= 0.3 is 0 Å². The van der Waals surface area contributed by atoms with Crippen LogP contribution in [-0.4, -0.2) is 8.07 Å². The lowest BCUT2D eigenvalue weighted by molar-refractivity contribution is -0.0399. The van der Waals surface area contributed by atoms with Crippen LogP contribution in [0.2, 0.25) is 0 Å². The van der Waals surface area contributed by atoms with Crippen molar-refractivity contribution < 1.29 is 0 Å². The molecule has 0 saturated heterocycles. The fourth-order valence-electron chi connectivity index (χ4n) is 16.0. The number of anilines is 3. The average Bonchev–Trinajstić information content (AvgIpc) is 3.82. The molecule has 0 aliphatic heterocycles. The molecule has 0 heterocycles. The van der Waals surface area contributed by atoms with Crippen molar-refractivity contribution in [2.45, 2.75) is 75.0 Å². The van der Waals surface area contributed by atoms with Gasteiger partial charge in [0.25, 0.3) is 0 Å². The number of nitrogens with zero attached hydrogens (tertiary/aromatic N) is 1. The monoisotopic (exact) mass is 867 g/mol. The largest absolute Gasteiger partial charge is 0.310 e. The average molecular weight is 868 g/mol. The Labute approximate surface area is 392 Å². The van der Waals surface area contributed by atoms with Crippen LogP contribution in [0.1, 0.15) is 86.5 Å². The predicted molar refractivity (Wildman–Crippen MR) is 277 cm³/mol. The fraction of sp³-hybridized carbons (Fsp3) is 0.250. The topological polar surface area (TPSA) is 3.24 Å². The molecule has 0 aromatic heterocycles. The Morgan fingerprint density at radius 3 is 1.50 bits per heavy atom. The summed E-state index contributed by atoms with van der Waals surface area (Å²) in [6.45, 7) is 0. The van der Waals surface area contributed by atoms with Crippen molar-refractivity contribution in [3.8, 4) is 22.3 Å². The number of fused-ring (bicyclic) bond motifs is 8. The van der Waals surface area contributed by atoms with Gasteiger partial charge in [0.2, 0.25) is 0 Å². The second kappa shape index (κ2) is 14.9. The van der Waals surface area contributed by atoms with Crippen molar-refractivity contribution >= 4 is 45.9 Å². The Kier molecular flexibility index (Phi) is 8.80. The van der Waals surface area contributed by atoms with Gasteiger partial charge in [-0.1, -0.05) is 189 Å². The van der Waals surface area contributed by atoms with E-state index >= 15 is 0 Å². The Balaban J connectivity index is 1.00. The van der Waals surface area contributed by atoms with Crippen LogP contribution in [0, 0.1) is 23.7 Å². The molecule has 5 saturated carbocycles. The lowest BCUT2D eigenvalue weighted by Gasteiger charge is -2.61. The first-order valence-corrected chi connectivity index (χ1v) is 27.2. The highest BCUT2D eigenvalue weighted by molar-refractivity contribution is 7.19. The highest BCUT2D eigenvalue weighted by Crippen LogP contribution is 2.70. The lowest BCUT2D eigenvalue weighted by atomic mass is 9.43. The first-order chi connectivity index (χ1) is 32.7. The number of rotatable bonds is 7. The summed E-state index contributed by atoms with van der Waals surface area (Å²) in [5, 5.41) is 5.61. The summed E-state index contributed by atoms with van der Waals surface area (Å²) < 4.78 is 0. The lowest BCUT2D eigenvalue weighted by Crippen LogP contribution is -2.74. The molecule has 0 N–H and O–H groups in total. The molecule has 0 unspecified atom stereocenters. The molecule has 8 aromatic rings. The zero-order valence-corrected chi connectivity index (χ0v) is 38.9. The smallest absolute Gasteiger partial charge is 0.179 e. The maximum absolute atomic E-state index is 2.72. The van der Waals surface area contributed by atoms with Crippen molar-refractivity contribution in [2.24, 2.45) is 23.7 Å². The van der Waals surface area contributed by atoms with Crippen molar-refractivity contribution in [3.05, 3.63) is 222 Å². The molecule has 7 aliphatic carbocycles. The first-order valence-electron chi connectivity index (χ1n) is 25.2. The molecule has 0 atom stereocenters. The van der Waals surface area contributed by atoms with Crippen LogP contribution in [0.25, 0.3) is 22.3 Å². The summed E-state index contributed by atoms with van der Waals surface area (Å²) in [7, 11) is -2.72. The van der Waals surface area contributed by atoms with E-state index in [2.05, 4.69) is 205 Å². The van der Waals surface area contributed by atoms with Crippen LogP contribution in [0.15, 0.2) is 200 Å². The third-order valence-corrected chi connectivity index (χ3v) is 23.0. The third kappa shape index (κ3) is 5.34. The van der Waals surface area contributed by atoms with Gasteiger partial charge in [0, 0.05) is 27.8 Å². The number of hydrogen-bond acceptors (Lipinski definition) is 1. The second-order valence-electron chi connectivity index (χ2n) is 21.1. The molecule has 8 aromatic carbocycles. The van der Waals surface area contributed by atoms with Crippen LogP contribution in [0.5, 0.6) is 0 Å². The number of hydrogen-bond donors (Lipinski definition) is 0. The minimum absolute atomic E-state index is 0.0671. The molecule has 66 heavy (non-hydrogen) atoms. The standard InChI is InChI=1S/C64H57NSi/c1-5-18-50(19-6-1)66(51-20-7-2-8-21-51,52-22-9-3-10-23-52)53-33-30-48(31-34-53)65(49-32-35-55-54-24-11-13-26-57(54)63(60(55)43-49)36-15-4-16-37-63)61-29-17-28-59-62(61)56-25-12-14-27-58(56)64(59)46-39-44-38-45(41-46)42-47(64)40-44/h1-3,5-14,17-35,43-47H,4,15-16,36-42H2. The van der Waals surface area contributed by atoms with E-state index in [9.17, 15) is 0 Å². The highest BCUT2D eigenvalue weighted by atomic mass is 28.3. The zero-order chi connectivity index (χ0) is 43.5. The first kappa shape index (κ1) is 39.0. The van der Waals surface area contributed by atoms with E-state index in [1.54, 1.807) is 16.7 Å². The molecular weight excluding hydrogens is 811 g/mol. The fourth-order valence-corrected chi connectivity index (χ4v) is 20.7. The second-order valence-corrected chi connectivity index (χ2v) is 24.9. The zero-order valence-electron chi connectivity index (χ0n) is 37.9. The third-order valence-electron chi connectivity index (χ3n) is 18.2. The van der Waals surface area contributed by atoms with Gasteiger partial charge in [-0.3, -0.25) is 0 Å². The van der Waals surface area contributed by atoms with Crippen LogP contribution in [0.4, 0.5) is 17.1 Å². The van der Waals surface area contributed by atoms with Gasteiger partial charge in [-0.2, -0.15) is 0 Å². The van der Waals surface area contributed by atoms with E-state index in [-0.39, 0.29) is 10.8 Å². The summed E-state index contributed by atoms with van der Waals surface area (Å²) >= 11 is 0. The maximum Gasteiger partial charge on any atom is 0.179 e. The molecular formula is C64H57NSi. The van der Waals surface area contributed by atoms with Crippen molar-refractivity contribution in [2.75, 3.05) is 4.90 Å².